The van der Waals surface area contributed by atoms with Crippen LogP contribution in [0.25, 0.3) is 0 Å². The van der Waals surface area contributed by atoms with Gasteiger partial charge in [0, 0.05) is 32.7 Å². The summed E-state index contributed by atoms with van der Waals surface area (Å²) in [5, 5.41) is 0. The summed E-state index contributed by atoms with van der Waals surface area (Å²) >= 11 is 0. The van der Waals surface area contributed by atoms with Gasteiger partial charge in [-0.2, -0.15) is 13.3 Å². The van der Waals surface area contributed by atoms with Crippen LogP contribution >= 0.6 is 0 Å². The zero-order valence-electron chi connectivity index (χ0n) is 5.28. The molecule has 0 aromatic carbocycles. The van der Waals surface area contributed by atoms with E-state index in [1.54, 1.807) is 0 Å². The molecule has 0 atom stereocenters. The third kappa shape index (κ3) is 11.0. The minimum absolute atomic E-state index is 0. The molecule has 0 aromatic rings. The van der Waals surface area contributed by atoms with Crippen molar-refractivity contribution in [2.45, 2.75) is 33.1 Å². The van der Waals surface area contributed by atoms with Crippen LogP contribution in [0.2, 0.25) is 0 Å². The fraction of sp³-hybridized carbons (Fsp3) is 0.833. The van der Waals surface area contributed by atoms with Crippen LogP contribution in [0.3, 0.4) is 0 Å². The first kappa shape index (κ1) is 11.0. The number of hydrogen-bond acceptors (Lipinski definition) is 0. The van der Waals surface area contributed by atoms with Gasteiger partial charge in [-0.1, -0.05) is 19.8 Å². The van der Waals surface area contributed by atoms with Gasteiger partial charge in [0.2, 0.25) is 0 Å². The minimum atomic E-state index is 0. The van der Waals surface area contributed by atoms with Gasteiger partial charge in [-0.15, -0.1) is 0 Å². The molecule has 41 valence electrons. The minimum Gasteiger partial charge on any atom is -0.332 e. The Kier molecular flexibility index (Phi) is 15.9. The molecule has 0 saturated heterocycles. The average molecular weight is 174 g/mol. The molecule has 0 amide bonds. The fourth-order valence-electron chi connectivity index (χ4n) is 0.408. The maximum Gasteiger partial charge on any atom is 0 e. The van der Waals surface area contributed by atoms with Crippen LogP contribution in [-0.2, 0) is 32.7 Å². The van der Waals surface area contributed by atoms with Crippen molar-refractivity contribution in [3.05, 3.63) is 6.42 Å². The summed E-state index contributed by atoms with van der Waals surface area (Å²) < 4.78 is 0. The SMILES string of the molecule is C[CH-]CCCC.[Y]. The Hall–Kier alpha value is 1.10. The molecule has 0 unspecified atom stereocenters. The van der Waals surface area contributed by atoms with Crippen LogP contribution in [0.1, 0.15) is 33.1 Å². The van der Waals surface area contributed by atoms with E-state index in [1.807, 2.05) is 0 Å². The topological polar surface area (TPSA) is 0 Å². The van der Waals surface area contributed by atoms with Gasteiger partial charge in [0.1, 0.15) is 0 Å². The molecule has 0 aromatic heterocycles. The molecule has 0 spiro atoms. The summed E-state index contributed by atoms with van der Waals surface area (Å²) in [5.74, 6) is 0. The first-order valence-corrected chi connectivity index (χ1v) is 2.69. The summed E-state index contributed by atoms with van der Waals surface area (Å²) in [5.41, 5.74) is 0. The normalized spacial score (nSPS) is 7.71. The van der Waals surface area contributed by atoms with Crippen molar-refractivity contribution in [2.75, 3.05) is 0 Å². The number of hydrogen-bond donors (Lipinski definition) is 0. The van der Waals surface area contributed by atoms with Gasteiger partial charge in [0.15, 0.2) is 0 Å². The third-order valence-electron chi connectivity index (χ3n) is 0.846. The van der Waals surface area contributed by atoms with E-state index >= 15 is 0 Å². The van der Waals surface area contributed by atoms with Crippen molar-refractivity contribution < 1.29 is 32.7 Å². The molecule has 0 N–H and O–H groups in total. The zero-order valence-corrected chi connectivity index (χ0v) is 8.11. The Balaban J connectivity index is 0. The smallest absolute Gasteiger partial charge is 0 e. The summed E-state index contributed by atoms with van der Waals surface area (Å²) in [4.78, 5) is 0. The maximum absolute atomic E-state index is 2.21. The van der Waals surface area contributed by atoms with Crippen molar-refractivity contribution in [1.29, 1.82) is 0 Å². The predicted octanol–water partition coefficient (Wildman–Crippen LogP) is 2.40. The Bertz CT molecular complexity index is 16.1. The number of rotatable bonds is 3. The molecule has 0 bridgehead atoms. The molecule has 0 aliphatic rings. The molecule has 0 rings (SSSR count). The molecule has 0 nitrogen and oxygen atoms in total. The van der Waals surface area contributed by atoms with Crippen LogP contribution in [-0.4, -0.2) is 0 Å². The standard InChI is InChI=1S/C6H13.Y/c1-3-5-6-4-2;/h3H,4-6H2,1-2H3;/q-1;. The van der Waals surface area contributed by atoms with Crippen molar-refractivity contribution in [1.82, 2.24) is 0 Å². The van der Waals surface area contributed by atoms with E-state index < -0.39 is 0 Å². The van der Waals surface area contributed by atoms with Gasteiger partial charge >= 0.3 is 0 Å². The second kappa shape index (κ2) is 10.2. The van der Waals surface area contributed by atoms with E-state index in [0.717, 1.165) is 0 Å². The fourth-order valence-corrected chi connectivity index (χ4v) is 0.408. The Morgan fingerprint density at radius 1 is 1.43 bits per heavy atom. The predicted molar refractivity (Wildman–Crippen MR) is 29.5 cm³/mol. The van der Waals surface area contributed by atoms with Crippen LogP contribution in [0, 0.1) is 6.42 Å². The maximum atomic E-state index is 2.21. The van der Waals surface area contributed by atoms with Crippen molar-refractivity contribution >= 4 is 0 Å². The van der Waals surface area contributed by atoms with Crippen molar-refractivity contribution in [3.63, 3.8) is 0 Å². The molecule has 0 fully saturated rings. The van der Waals surface area contributed by atoms with E-state index in [2.05, 4.69) is 20.3 Å². The van der Waals surface area contributed by atoms with Crippen LogP contribution in [0.4, 0.5) is 0 Å². The first-order chi connectivity index (χ1) is 2.91. The van der Waals surface area contributed by atoms with Gasteiger partial charge in [0.05, 0.1) is 0 Å². The molecular weight excluding hydrogens is 161 g/mol. The molecule has 0 saturated carbocycles. The second-order valence-corrected chi connectivity index (χ2v) is 1.55. The van der Waals surface area contributed by atoms with Gasteiger partial charge < -0.3 is 6.42 Å². The van der Waals surface area contributed by atoms with Crippen molar-refractivity contribution in [3.8, 4) is 0 Å². The van der Waals surface area contributed by atoms with E-state index in [4.69, 9.17) is 0 Å². The Morgan fingerprint density at radius 2 is 2.00 bits per heavy atom. The largest absolute Gasteiger partial charge is 0.332 e. The quantitative estimate of drug-likeness (QED) is 0.455. The van der Waals surface area contributed by atoms with Crippen LogP contribution in [0.15, 0.2) is 0 Å². The summed E-state index contributed by atoms with van der Waals surface area (Å²) in [6.45, 7) is 4.32. The van der Waals surface area contributed by atoms with Crippen LogP contribution < -0.4 is 0 Å². The van der Waals surface area contributed by atoms with Crippen LogP contribution in [0.5, 0.6) is 0 Å². The Morgan fingerprint density at radius 3 is 2.14 bits per heavy atom. The monoisotopic (exact) mass is 174 g/mol. The van der Waals surface area contributed by atoms with Gasteiger partial charge in [-0.05, 0) is 0 Å². The molecule has 0 aliphatic heterocycles. The number of unbranched alkanes of at least 4 members (excludes halogenated alkanes) is 3. The second-order valence-electron chi connectivity index (χ2n) is 1.55. The van der Waals surface area contributed by atoms with E-state index in [1.165, 1.54) is 19.3 Å². The first-order valence-electron chi connectivity index (χ1n) is 2.69. The average Bonchev–Trinajstić information content (AvgIpc) is 1.61. The molecule has 1 heteroatoms. The summed E-state index contributed by atoms with van der Waals surface area (Å²) in [6, 6.07) is 0. The van der Waals surface area contributed by atoms with Gasteiger partial charge in [-0.25, -0.2) is 0 Å². The molecule has 0 aliphatic carbocycles. The molecular formula is C6H13Y-. The summed E-state index contributed by atoms with van der Waals surface area (Å²) in [6.07, 6.45) is 6.18. The van der Waals surface area contributed by atoms with E-state index in [0.29, 0.717) is 0 Å². The molecule has 0 heterocycles. The third-order valence-corrected chi connectivity index (χ3v) is 0.846. The molecule has 1 radical (unpaired) electrons. The Labute approximate surface area is 71.9 Å². The summed E-state index contributed by atoms with van der Waals surface area (Å²) in [7, 11) is 0. The van der Waals surface area contributed by atoms with Gasteiger partial charge in [-0.3, -0.25) is 0 Å². The van der Waals surface area contributed by atoms with E-state index in [9.17, 15) is 0 Å². The van der Waals surface area contributed by atoms with Gasteiger partial charge in [0.25, 0.3) is 0 Å². The zero-order chi connectivity index (χ0) is 4.83. The van der Waals surface area contributed by atoms with Crippen molar-refractivity contribution in [2.24, 2.45) is 0 Å². The molecule has 7 heavy (non-hydrogen) atoms. The van der Waals surface area contributed by atoms with E-state index in [-0.39, 0.29) is 32.7 Å².